The number of ether oxygens (including phenoxy) is 2. The van der Waals surface area contributed by atoms with Gasteiger partial charge in [-0.1, -0.05) is 19.9 Å². The summed E-state index contributed by atoms with van der Waals surface area (Å²) < 4.78 is 25.2. The van der Waals surface area contributed by atoms with Gasteiger partial charge in [-0.25, -0.2) is 4.39 Å². The van der Waals surface area contributed by atoms with Gasteiger partial charge < -0.3 is 19.5 Å². The van der Waals surface area contributed by atoms with Crippen LogP contribution in [0.2, 0.25) is 0 Å². The van der Waals surface area contributed by atoms with E-state index in [1.165, 1.54) is 36.1 Å². The molecule has 1 amide bonds. The Morgan fingerprint density at radius 2 is 1.82 bits per heavy atom. The third-order valence-corrected chi connectivity index (χ3v) is 6.69. The highest BCUT2D eigenvalue weighted by Crippen LogP contribution is 2.33. The highest BCUT2D eigenvalue weighted by atomic mass is 19.1. The normalized spacial score (nSPS) is 22.7. The van der Waals surface area contributed by atoms with Gasteiger partial charge in [0.1, 0.15) is 29.0 Å². The quantitative estimate of drug-likeness (QED) is 0.666. The van der Waals surface area contributed by atoms with E-state index in [-0.39, 0.29) is 30.8 Å². The average molecular weight is 456 g/mol. The maximum atomic E-state index is 13.3. The second-order valence-corrected chi connectivity index (χ2v) is 9.78. The Labute approximate surface area is 195 Å². The van der Waals surface area contributed by atoms with Crippen molar-refractivity contribution in [1.82, 2.24) is 4.90 Å². The Morgan fingerprint density at radius 3 is 2.55 bits per heavy atom. The highest BCUT2D eigenvalue weighted by Gasteiger charge is 2.44. The molecule has 6 heteroatoms. The summed E-state index contributed by atoms with van der Waals surface area (Å²) in [5.74, 6) is 0.982. The van der Waals surface area contributed by atoms with Gasteiger partial charge in [0.05, 0.1) is 6.54 Å². The largest absolute Gasteiger partial charge is 0.486 e. The molecular weight excluding hydrogens is 421 g/mol. The second-order valence-electron chi connectivity index (χ2n) is 9.78. The Morgan fingerprint density at radius 1 is 1.12 bits per heavy atom. The predicted octanol–water partition coefficient (Wildman–Crippen LogP) is 4.54. The lowest BCUT2D eigenvalue weighted by molar-refractivity contribution is -0.150. The zero-order chi connectivity index (χ0) is 23.4. The van der Waals surface area contributed by atoms with Crippen LogP contribution in [0.25, 0.3) is 0 Å². The minimum Gasteiger partial charge on any atom is -0.486 e. The van der Waals surface area contributed by atoms with Gasteiger partial charge in [-0.15, -0.1) is 0 Å². The lowest BCUT2D eigenvalue weighted by atomic mass is 9.81. The Balaban J connectivity index is 1.41. The first-order valence-corrected chi connectivity index (χ1v) is 12.0. The number of benzene rings is 2. The van der Waals surface area contributed by atoms with Crippen LogP contribution in [0.5, 0.6) is 11.5 Å². The molecule has 0 aromatic heterocycles. The molecular formula is C27H34FNO4. The summed E-state index contributed by atoms with van der Waals surface area (Å²) >= 11 is 0. The Bertz CT molecular complexity index is 961. The van der Waals surface area contributed by atoms with Crippen LogP contribution in [0.4, 0.5) is 4.39 Å². The number of aliphatic hydroxyl groups is 1. The van der Waals surface area contributed by atoms with E-state index >= 15 is 0 Å². The van der Waals surface area contributed by atoms with Crippen LogP contribution in [-0.4, -0.2) is 47.3 Å². The number of amides is 1. The number of rotatable bonds is 7. The molecule has 0 saturated carbocycles. The summed E-state index contributed by atoms with van der Waals surface area (Å²) in [4.78, 5) is 14.6. The third kappa shape index (κ3) is 5.85. The maximum Gasteiger partial charge on any atom is 0.260 e. The van der Waals surface area contributed by atoms with E-state index in [9.17, 15) is 14.3 Å². The number of likely N-dealkylation sites (tertiary alicyclic amines) is 1. The van der Waals surface area contributed by atoms with Crippen molar-refractivity contribution in [3.05, 3.63) is 59.4 Å². The molecule has 1 heterocycles. The number of fused-ring (bicyclic) bond motifs is 1. The molecule has 1 N–H and O–H groups in total. The monoisotopic (exact) mass is 455 g/mol. The van der Waals surface area contributed by atoms with Gasteiger partial charge in [-0.2, -0.15) is 0 Å². The van der Waals surface area contributed by atoms with Crippen molar-refractivity contribution in [3.63, 3.8) is 0 Å². The van der Waals surface area contributed by atoms with Gasteiger partial charge in [-0.3, -0.25) is 4.79 Å². The standard InChI is InChI=1S/C27H34FNO4/c1-19(2)16-27(31)13-14-29(17-25(27)33-23-11-8-22(28)9-12-23)26(30)18-32-24-10-7-20-5-3-4-6-21(20)15-24/h7-12,15,19,25,31H,3-6,13-14,16-18H2,1-2H3/t25-,27+/m0/s1. The summed E-state index contributed by atoms with van der Waals surface area (Å²) in [5.41, 5.74) is 1.63. The minimum absolute atomic E-state index is 0.0509. The van der Waals surface area contributed by atoms with E-state index in [4.69, 9.17) is 9.47 Å². The SMILES string of the molecule is CC(C)C[C@]1(O)CCN(C(=O)COc2ccc3c(c2)CCCC3)C[C@@H]1Oc1ccc(F)cc1. The van der Waals surface area contributed by atoms with E-state index < -0.39 is 11.7 Å². The molecule has 33 heavy (non-hydrogen) atoms. The molecule has 2 aliphatic rings. The lowest BCUT2D eigenvalue weighted by Crippen LogP contribution is -2.60. The molecule has 1 aliphatic heterocycles. The first-order valence-electron chi connectivity index (χ1n) is 12.0. The van der Waals surface area contributed by atoms with Crippen LogP contribution < -0.4 is 9.47 Å². The third-order valence-electron chi connectivity index (χ3n) is 6.69. The number of hydrogen-bond acceptors (Lipinski definition) is 4. The van der Waals surface area contributed by atoms with Crippen molar-refractivity contribution in [3.8, 4) is 11.5 Å². The fourth-order valence-corrected chi connectivity index (χ4v) is 4.98. The van der Waals surface area contributed by atoms with Crippen LogP contribution >= 0.6 is 0 Å². The molecule has 178 valence electrons. The van der Waals surface area contributed by atoms with Crippen LogP contribution in [0.15, 0.2) is 42.5 Å². The zero-order valence-electron chi connectivity index (χ0n) is 19.6. The summed E-state index contributed by atoms with van der Waals surface area (Å²) in [6.07, 6.45) is 4.96. The number of halogens is 1. The fraction of sp³-hybridized carbons (Fsp3) is 0.519. The number of carbonyl (C=O) groups excluding carboxylic acids is 1. The lowest BCUT2D eigenvalue weighted by Gasteiger charge is -2.45. The van der Waals surface area contributed by atoms with Crippen LogP contribution in [0.3, 0.4) is 0 Å². The fourth-order valence-electron chi connectivity index (χ4n) is 4.98. The second kappa shape index (κ2) is 10.1. The van der Waals surface area contributed by atoms with Crippen LogP contribution in [0, 0.1) is 11.7 Å². The number of carbonyl (C=O) groups is 1. The van der Waals surface area contributed by atoms with Gasteiger partial charge >= 0.3 is 0 Å². The summed E-state index contributed by atoms with van der Waals surface area (Å²) in [6.45, 7) is 4.75. The van der Waals surface area contributed by atoms with Crippen molar-refractivity contribution in [2.45, 2.75) is 64.1 Å². The van der Waals surface area contributed by atoms with Gasteiger partial charge in [-0.05, 0) is 92.0 Å². The number of hydrogen-bond donors (Lipinski definition) is 1. The predicted molar refractivity (Wildman–Crippen MR) is 125 cm³/mol. The Hall–Kier alpha value is -2.60. The van der Waals surface area contributed by atoms with Crippen molar-refractivity contribution in [1.29, 1.82) is 0 Å². The van der Waals surface area contributed by atoms with Crippen molar-refractivity contribution in [2.75, 3.05) is 19.7 Å². The topological polar surface area (TPSA) is 59.0 Å². The van der Waals surface area contributed by atoms with Crippen LogP contribution in [0.1, 0.15) is 50.7 Å². The van der Waals surface area contributed by atoms with E-state index in [1.54, 1.807) is 17.0 Å². The molecule has 1 fully saturated rings. The van der Waals surface area contributed by atoms with Crippen molar-refractivity contribution >= 4 is 5.91 Å². The minimum atomic E-state index is -1.06. The molecule has 0 spiro atoms. The molecule has 1 aliphatic carbocycles. The molecule has 0 unspecified atom stereocenters. The molecule has 5 nitrogen and oxygen atoms in total. The molecule has 1 saturated heterocycles. The molecule has 2 aromatic rings. The van der Waals surface area contributed by atoms with E-state index in [1.807, 2.05) is 6.07 Å². The highest BCUT2D eigenvalue weighted by molar-refractivity contribution is 5.78. The van der Waals surface area contributed by atoms with E-state index in [2.05, 4.69) is 26.0 Å². The molecule has 2 atom stereocenters. The smallest absolute Gasteiger partial charge is 0.260 e. The Kier molecular flexibility index (Phi) is 7.23. The zero-order valence-corrected chi connectivity index (χ0v) is 19.6. The van der Waals surface area contributed by atoms with Crippen LogP contribution in [-0.2, 0) is 17.6 Å². The van der Waals surface area contributed by atoms with Crippen molar-refractivity contribution < 1.29 is 23.8 Å². The van der Waals surface area contributed by atoms with E-state index in [0.717, 1.165) is 18.6 Å². The molecule has 0 radical (unpaired) electrons. The first-order chi connectivity index (χ1) is 15.8. The van der Waals surface area contributed by atoms with Gasteiger partial charge in [0.15, 0.2) is 6.61 Å². The average Bonchev–Trinajstić information content (AvgIpc) is 2.79. The molecule has 4 rings (SSSR count). The summed E-state index contributed by atoms with van der Waals surface area (Å²) in [6, 6.07) is 11.9. The number of nitrogens with zero attached hydrogens (tertiary/aromatic N) is 1. The summed E-state index contributed by atoms with van der Waals surface area (Å²) in [5, 5.41) is 11.4. The van der Waals surface area contributed by atoms with Gasteiger partial charge in [0.2, 0.25) is 0 Å². The number of piperidine rings is 1. The van der Waals surface area contributed by atoms with Gasteiger partial charge in [0.25, 0.3) is 5.91 Å². The molecule has 0 bridgehead atoms. The summed E-state index contributed by atoms with van der Waals surface area (Å²) in [7, 11) is 0. The number of aryl methyl sites for hydroxylation is 2. The van der Waals surface area contributed by atoms with E-state index in [0.29, 0.717) is 25.1 Å². The van der Waals surface area contributed by atoms with Crippen molar-refractivity contribution in [2.24, 2.45) is 5.92 Å². The molecule has 2 aromatic carbocycles. The van der Waals surface area contributed by atoms with Gasteiger partial charge in [0, 0.05) is 6.54 Å². The maximum absolute atomic E-state index is 13.3. The first kappa shape index (κ1) is 23.6.